The smallest absolute Gasteiger partial charge is 0.327 e. The first kappa shape index (κ1) is 25.6. The normalized spacial score (nSPS) is 11.2. The van der Waals surface area contributed by atoms with Crippen LogP contribution in [0.15, 0.2) is 70.4 Å². The molecule has 37 heavy (non-hydrogen) atoms. The minimum atomic E-state index is -4.04. The van der Waals surface area contributed by atoms with E-state index in [0.29, 0.717) is 11.1 Å². The molecular formula is C24H21F2N5O5S. The van der Waals surface area contributed by atoms with E-state index >= 15 is 4.39 Å². The molecule has 0 saturated carbocycles. The van der Waals surface area contributed by atoms with Crippen molar-refractivity contribution < 1.29 is 31.3 Å². The van der Waals surface area contributed by atoms with E-state index < -0.39 is 27.7 Å². The van der Waals surface area contributed by atoms with Crippen molar-refractivity contribution in [3.05, 3.63) is 78.2 Å². The summed E-state index contributed by atoms with van der Waals surface area (Å²) in [6, 6.07) is 9.77. The largest absolute Gasteiger partial charge is 0.495 e. The predicted molar refractivity (Wildman–Crippen MR) is 131 cm³/mol. The van der Waals surface area contributed by atoms with Gasteiger partial charge in [0.05, 0.1) is 12.8 Å². The molecule has 10 nitrogen and oxygen atoms in total. The number of hydrogen-bond acceptors (Lipinski definition) is 7. The number of sulfonamides is 1. The molecular weight excluding hydrogens is 508 g/mol. The molecule has 0 aliphatic rings. The Morgan fingerprint density at radius 2 is 1.86 bits per heavy atom. The zero-order valence-corrected chi connectivity index (χ0v) is 20.6. The maximum Gasteiger partial charge on any atom is 0.327 e. The molecule has 2 N–H and O–H groups in total. The van der Waals surface area contributed by atoms with Crippen molar-refractivity contribution >= 4 is 33.4 Å². The van der Waals surface area contributed by atoms with Crippen LogP contribution < -0.4 is 19.7 Å². The van der Waals surface area contributed by atoms with Gasteiger partial charge < -0.3 is 14.6 Å². The number of amides is 2. The molecule has 0 saturated heterocycles. The molecule has 13 heteroatoms. The third-order valence-corrected chi connectivity index (χ3v) is 6.67. The number of benzene rings is 2. The van der Waals surface area contributed by atoms with Gasteiger partial charge in [-0.2, -0.15) is 0 Å². The van der Waals surface area contributed by atoms with E-state index in [9.17, 15) is 17.6 Å². The monoisotopic (exact) mass is 529 g/mol. The predicted octanol–water partition coefficient (Wildman–Crippen LogP) is 4.61. The molecule has 4 rings (SSSR count). The summed E-state index contributed by atoms with van der Waals surface area (Å²) in [6.07, 6.45) is 2.24. The number of hydrogen-bond donors (Lipinski definition) is 2. The second-order valence-corrected chi connectivity index (χ2v) is 9.38. The van der Waals surface area contributed by atoms with E-state index in [0.717, 1.165) is 17.2 Å². The molecule has 0 radical (unpaired) electrons. The number of nitrogens with one attached hydrogen (secondary N) is 2. The van der Waals surface area contributed by atoms with Crippen molar-refractivity contribution in [3.63, 3.8) is 0 Å². The van der Waals surface area contributed by atoms with Crippen LogP contribution >= 0.6 is 0 Å². The van der Waals surface area contributed by atoms with Crippen molar-refractivity contribution in [1.29, 1.82) is 0 Å². The van der Waals surface area contributed by atoms with Gasteiger partial charge in [-0.25, -0.2) is 31.9 Å². The molecule has 2 heterocycles. The van der Waals surface area contributed by atoms with E-state index in [2.05, 4.69) is 24.7 Å². The Hall–Kier alpha value is -4.52. The number of urea groups is 1. The van der Waals surface area contributed by atoms with Crippen molar-refractivity contribution in [2.75, 3.05) is 23.8 Å². The number of rotatable bonds is 7. The highest BCUT2D eigenvalue weighted by Gasteiger charge is 2.25. The summed E-state index contributed by atoms with van der Waals surface area (Å²) in [5, 5.41) is 5.94. The lowest BCUT2D eigenvalue weighted by Crippen LogP contribution is -2.35. The molecule has 0 aliphatic carbocycles. The van der Waals surface area contributed by atoms with E-state index in [-0.39, 0.29) is 33.5 Å². The van der Waals surface area contributed by atoms with E-state index in [1.165, 1.54) is 62.9 Å². The van der Waals surface area contributed by atoms with Crippen LogP contribution in [0.5, 0.6) is 5.75 Å². The van der Waals surface area contributed by atoms with E-state index in [1.54, 1.807) is 6.92 Å². The maximum absolute atomic E-state index is 15.3. The number of methoxy groups -OCH3 is 1. The Bertz CT molecular complexity index is 1540. The quantitative estimate of drug-likeness (QED) is 0.358. The summed E-state index contributed by atoms with van der Waals surface area (Å²) in [7, 11) is -1.33. The summed E-state index contributed by atoms with van der Waals surface area (Å²) in [5.74, 6) is -1.04. The molecule has 0 bridgehead atoms. The SMILES string of the molecule is CNC(=O)N(c1ccc(S(=O)(=O)Nc2ccon2)cn1)c1cc(F)c(-c2ccc(F)c(C)c2)cc1OC. The van der Waals surface area contributed by atoms with Gasteiger partial charge >= 0.3 is 6.03 Å². The minimum absolute atomic E-state index is 0.00534. The average molecular weight is 530 g/mol. The molecule has 4 aromatic rings. The highest BCUT2D eigenvalue weighted by molar-refractivity contribution is 7.92. The van der Waals surface area contributed by atoms with Crippen molar-refractivity contribution in [2.24, 2.45) is 0 Å². The summed E-state index contributed by atoms with van der Waals surface area (Å²) < 4.78 is 66.5. The zero-order valence-electron chi connectivity index (χ0n) is 19.8. The van der Waals surface area contributed by atoms with Crippen LogP contribution in [0.1, 0.15) is 5.56 Å². The van der Waals surface area contributed by atoms with Crippen molar-refractivity contribution in [2.45, 2.75) is 11.8 Å². The standard InChI is InChI=1S/C24H21F2N5O5S/c1-14-10-15(4-6-18(14)25)17-11-21(35-3)20(12-19(17)26)31(24(32)27-2)23-7-5-16(13-28-23)37(33,34)30-22-8-9-36-29-22/h4-13H,1-3H3,(H,27,32)(H,29,30). The zero-order chi connectivity index (χ0) is 26.7. The number of halogens is 2. The Balaban J connectivity index is 1.75. The fourth-order valence-electron chi connectivity index (χ4n) is 3.49. The summed E-state index contributed by atoms with van der Waals surface area (Å²) in [5.41, 5.74) is 0.893. The molecule has 0 unspecified atom stereocenters. The van der Waals surface area contributed by atoms with Crippen LogP contribution in [0.4, 0.5) is 30.9 Å². The number of ether oxygens (including phenoxy) is 1. The number of anilines is 3. The summed E-state index contributed by atoms with van der Waals surface area (Å²) >= 11 is 0. The van der Waals surface area contributed by atoms with Gasteiger partial charge in [-0.15, -0.1) is 0 Å². The van der Waals surface area contributed by atoms with Crippen LogP contribution in [0.2, 0.25) is 0 Å². The van der Waals surface area contributed by atoms with Crippen molar-refractivity contribution in [3.8, 4) is 16.9 Å². The first-order valence-electron chi connectivity index (χ1n) is 10.7. The molecule has 2 amide bonds. The topological polar surface area (TPSA) is 127 Å². The maximum atomic E-state index is 15.3. The minimum Gasteiger partial charge on any atom is -0.495 e. The number of pyridine rings is 1. The van der Waals surface area contributed by atoms with Crippen LogP contribution in [-0.4, -0.2) is 38.7 Å². The second-order valence-electron chi connectivity index (χ2n) is 7.70. The van der Waals surface area contributed by atoms with Crippen LogP contribution in [-0.2, 0) is 10.0 Å². The Morgan fingerprint density at radius 1 is 1.08 bits per heavy atom. The van der Waals surface area contributed by atoms with Gasteiger partial charge in [0, 0.05) is 30.9 Å². The molecule has 0 spiro atoms. The number of aromatic nitrogens is 2. The highest BCUT2D eigenvalue weighted by Crippen LogP contribution is 2.39. The average Bonchev–Trinajstić information content (AvgIpc) is 3.38. The fraction of sp³-hybridized carbons (Fsp3) is 0.125. The van der Waals surface area contributed by atoms with Crippen LogP contribution in [0.25, 0.3) is 11.1 Å². The Morgan fingerprint density at radius 3 is 2.46 bits per heavy atom. The van der Waals surface area contributed by atoms with Gasteiger partial charge in [0.1, 0.15) is 34.4 Å². The lowest BCUT2D eigenvalue weighted by molar-refractivity contribution is 0.250. The lowest BCUT2D eigenvalue weighted by Gasteiger charge is -2.24. The highest BCUT2D eigenvalue weighted by atomic mass is 32.2. The summed E-state index contributed by atoms with van der Waals surface area (Å²) in [6.45, 7) is 1.56. The lowest BCUT2D eigenvalue weighted by atomic mass is 10.0. The first-order chi connectivity index (χ1) is 17.6. The number of aryl methyl sites for hydroxylation is 1. The van der Waals surface area contributed by atoms with Gasteiger partial charge in [0.25, 0.3) is 10.0 Å². The molecule has 0 atom stereocenters. The number of nitrogens with zero attached hydrogens (tertiary/aromatic N) is 3. The molecule has 2 aromatic carbocycles. The number of carbonyl (C=O) groups excluding carboxylic acids is 1. The Kier molecular flexibility index (Phi) is 7.07. The molecule has 0 fully saturated rings. The van der Waals surface area contributed by atoms with E-state index in [1.807, 2.05) is 0 Å². The van der Waals surface area contributed by atoms with E-state index in [4.69, 9.17) is 4.74 Å². The van der Waals surface area contributed by atoms with Gasteiger partial charge in [-0.05, 0) is 48.4 Å². The second kappa shape index (κ2) is 10.2. The van der Waals surface area contributed by atoms with Gasteiger partial charge in [0.2, 0.25) is 0 Å². The van der Waals surface area contributed by atoms with Crippen LogP contribution in [0, 0.1) is 18.6 Å². The van der Waals surface area contributed by atoms with Gasteiger partial charge in [0.15, 0.2) is 5.82 Å². The molecule has 2 aromatic heterocycles. The third kappa shape index (κ3) is 5.21. The molecule has 192 valence electrons. The van der Waals surface area contributed by atoms with Crippen molar-refractivity contribution in [1.82, 2.24) is 15.5 Å². The molecule has 0 aliphatic heterocycles. The first-order valence-corrected chi connectivity index (χ1v) is 12.2. The van der Waals surface area contributed by atoms with Crippen LogP contribution in [0.3, 0.4) is 0 Å². The van der Waals surface area contributed by atoms with Gasteiger partial charge in [-0.1, -0.05) is 11.2 Å². The Labute approximate surface area is 210 Å². The fourth-order valence-corrected chi connectivity index (χ4v) is 4.43. The summed E-state index contributed by atoms with van der Waals surface area (Å²) in [4.78, 5) is 17.8. The van der Waals surface area contributed by atoms with Gasteiger partial charge in [-0.3, -0.25) is 4.72 Å². The third-order valence-electron chi connectivity index (χ3n) is 5.33. The number of carbonyl (C=O) groups is 1.